The predicted molar refractivity (Wildman–Crippen MR) is 100 cm³/mol. The summed E-state index contributed by atoms with van der Waals surface area (Å²) in [7, 11) is 0. The summed E-state index contributed by atoms with van der Waals surface area (Å²) in [6.07, 6.45) is 3.79. The van der Waals surface area contributed by atoms with E-state index in [1.165, 1.54) is 25.0 Å². The molecule has 3 aliphatic rings. The standard InChI is InChI=1S/C22H26O5/c1-12-21-17(16-6-5-15(26-13(2)23)11-19(16)25-12)9-10-22(4)18(21)7-8-20(22)27-14(3)24/h5-6,11-12,18,20H,7-10H2,1-4H3/t12-,18-,20-,22-/m0/s1. The zero-order valence-corrected chi connectivity index (χ0v) is 16.3. The molecule has 0 aromatic heterocycles. The van der Waals surface area contributed by atoms with Crippen LogP contribution in [0.15, 0.2) is 23.8 Å². The first-order valence-corrected chi connectivity index (χ1v) is 9.69. The van der Waals surface area contributed by atoms with Gasteiger partial charge in [-0.15, -0.1) is 0 Å². The van der Waals surface area contributed by atoms with Crippen LogP contribution in [-0.4, -0.2) is 24.1 Å². The molecule has 0 unspecified atom stereocenters. The molecule has 4 atom stereocenters. The number of ether oxygens (including phenoxy) is 3. The highest BCUT2D eigenvalue weighted by atomic mass is 16.5. The summed E-state index contributed by atoms with van der Waals surface area (Å²) in [5, 5.41) is 0. The van der Waals surface area contributed by atoms with Crippen molar-refractivity contribution in [3.63, 3.8) is 0 Å². The average Bonchev–Trinajstić information content (AvgIpc) is 2.90. The lowest BCUT2D eigenvalue weighted by atomic mass is 9.63. The highest BCUT2D eigenvalue weighted by Crippen LogP contribution is 2.59. The molecule has 144 valence electrons. The molecule has 0 bridgehead atoms. The smallest absolute Gasteiger partial charge is 0.308 e. The van der Waals surface area contributed by atoms with Gasteiger partial charge in [-0.1, -0.05) is 6.92 Å². The van der Waals surface area contributed by atoms with Crippen molar-refractivity contribution < 1.29 is 23.8 Å². The Bertz CT molecular complexity index is 839. The average molecular weight is 370 g/mol. The van der Waals surface area contributed by atoms with Gasteiger partial charge in [0.1, 0.15) is 23.7 Å². The van der Waals surface area contributed by atoms with E-state index in [1.54, 1.807) is 6.07 Å². The highest BCUT2D eigenvalue weighted by Gasteiger charge is 2.54. The van der Waals surface area contributed by atoms with E-state index < -0.39 is 0 Å². The maximum absolute atomic E-state index is 11.5. The number of benzene rings is 1. The molecule has 0 saturated heterocycles. The molecule has 1 saturated carbocycles. The van der Waals surface area contributed by atoms with Crippen LogP contribution in [0.5, 0.6) is 11.5 Å². The SMILES string of the molecule is CC(=O)Oc1ccc2c(c1)O[C@@H](C)C1=C2CC[C@]2(C)[C@@H](OC(C)=O)CC[C@@H]12. The van der Waals surface area contributed by atoms with Gasteiger partial charge in [0, 0.05) is 30.9 Å². The number of allylic oxidation sites excluding steroid dienone is 1. The molecule has 4 rings (SSSR count). The zero-order chi connectivity index (χ0) is 19.3. The molecule has 1 aliphatic heterocycles. The fourth-order valence-corrected chi connectivity index (χ4v) is 5.34. The van der Waals surface area contributed by atoms with Gasteiger partial charge >= 0.3 is 11.9 Å². The van der Waals surface area contributed by atoms with Crippen LogP contribution in [0.1, 0.15) is 58.9 Å². The molecular weight excluding hydrogens is 344 g/mol. The van der Waals surface area contributed by atoms with Crippen molar-refractivity contribution in [1.29, 1.82) is 0 Å². The molecular formula is C22H26O5. The van der Waals surface area contributed by atoms with E-state index in [2.05, 4.69) is 13.8 Å². The molecule has 27 heavy (non-hydrogen) atoms. The van der Waals surface area contributed by atoms with Crippen LogP contribution in [0.25, 0.3) is 5.57 Å². The molecule has 0 N–H and O–H groups in total. The number of esters is 2. The molecule has 1 aromatic carbocycles. The van der Waals surface area contributed by atoms with Gasteiger partial charge in [0.15, 0.2) is 0 Å². The van der Waals surface area contributed by atoms with Crippen molar-refractivity contribution in [1.82, 2.24) is 0 Å². The van der Waals surface area contributed by atoms with E-state index in [9.17, 15) is 9.59 Å². The van der Waals surface area contributed by atoms with Gasteiger partial charge in [0.2, 0.25) is 0 Å². The molecule has 0 spiro atoms. The number of rotatable bonds is 2. The number of carbonyl (C=O) groups excluding carboxylic acids is 2. The van der Waals surface area contributed by atoms with Crippen LogP contribution in [0.3, 0.4) is 0 Å². The minimum atomic E-state index is -0.338. The van der Waals surface area contributed by atoms with E-state index in [4.69, 9.17) is 14.2 Å². The van der Waals surface area contributed by atoms with Crippen LogP contribution < -0.4 is 9.47 Å². The van der Waals surface area contributed by atoms with Crippen molar-refractivity contribution in [3.05, 3.63) is 29.3 Å². The van der Waals surface area contributed by atoms with Gasteiger partial charge in [0.25, 0.3) is 0 Å². The maximum atomic E-state index is 11.5. The molecule has 2 aliphatic carbocycles. The summed E-state index contributed by atoms with van der Waals surface area (Å²) in [5.74, 6) is 1.11. The van der Waals surface area contributed by atoms with Crippen molar-refractivity contribution >= 4 is 17.5 Å². The number of fused-ring (bicyclic) bond motifs is 4. The molecule has 5 heteroatoms. The van der Waals surface area contributed by atoms with Crippen molar-refractivity contribution in [2.45, 2.75) is 65.6 Å². The summed E-state index contributed by atoms with van der Waals surface area (Å²) in [6, 6.07) is 5.63. The van der Waals surface area contributed by atoms with Gasteiger partial charge in [-0.3, -0.25) is 9.59 Å². The summed E-state index contributed by atoms with van der Waals surface area (Å²) in [4.78, 5) is 22.8. The second kappa shape index (κ2) is 6.39. The van der Waals surface area contributed by atoms with Crippen molar-refractivity contribution in [3.8, 4) is 11.5 Å². The minimum absolute atomic E-state index is 0.0195. The number of carbonyl (C=O) groups is 2. The van der Waals surface area contributed by atoms with E-state index in [0.29, 0.717) is 11.7 Å². The summed E-state index contributed by atoms with van der Waals surface area (Å²) >= 11 is 0. The third-order valence-corrected chi connectivity index (χ3v) is 6.48. The van der Waals surface area contributed by atoms with Gasteiger partial charge in [-0.25, -0.2) is 0 Å². The highest BCUT2D eigenvalue weighted by molar-refractivity contribution is 5.78. The monoisotopic (exact) mass is 370 g/mol. The zero-order valence-electron chi connectivity index (χ0n) is 16.3. The Morgan fingerprint density at radius 2 is 1.96 bits per heavy atom. The maximum Gasteiger partial charge on any atom is 0.308 e. The first kappa shape index (κ1) is 18.1. The second-order valence-electron chi connectivity index (χ2n) is 8.18. The molecule has 1 fully saturated rings. The largest absolute Gasteiger partial charge is 0.486 e. The Hall–Kier alpha value is -2.30. The number of hydrogen-bond donors (Lipinski definition) is 0. The van der Waals surface area contributed by atoms with Crippen LogP contribution in [0, 0.1) is 11.3 Å². The fraction of sp³-hybridized carbons (Fsp3) is 0.545. The van der Waals surface area contributed by atoms with E-state index in [-0.39, 0.29) is 29.6 Å². The third kappa shape index (κ3) is 2.93. The Kier molecular flexibility index (Phi) is 4.28. The molecule has 1 aromatic rings. The quantitative estimate of drug-likeness (QED) is 0.574. The van der Waals surface area contributed by atoms with Crippen LogP contribution in [-0.2, 0) is 14.3 Å². The van der Waals surface area contributed by atoms with Gasteiger partial charge in [-0.2, -0.15) is 0 Å². The van der Waals surface area contributed by atoms with Crippen molar-refractivity contribution in [2.75, 3.05) is 0 Å². The lowest BCUT2D eigenvalue weighted by Gasteiger charge is -2.45. The Morgan fingerprint density at radius 1 is 1.19 bits per heavy atom. The third-order valence-electron chi connectivity index (χ3n) is 6.48. The van der Waals surface area contributed by atoms with Crippen LogP contribution in [0.4, 0.5) is 0 Å². The normalized spacial score (nSPS) is 31.3. The first-order valence-electron chi connectivity index (χ1n) is 9.69. The van der Waals surface area contributed by atoms with E-state index >= 15 is 0 Å². The summed E-state index contributed by atoms with van der Waals surface area (Å²) in [6.45, 7) is 7.23. The van der Waals surface area contributed by atoms with Crippen LogP contribution >= 0.6 is 0 Å². The Balaban J connectivity index is 1.71. The summed E-state index contributed by atoms with van der Waals surface area (Å²) < 4.78 is 17.1. The predicted octanol–water partition coefficient (Wildman–Crippen LogP) is 4.29. The molecule has 0 radical (unpaired) electrons. The number of hydrogen-bond acceptors (Lipinski definition) is 5. The minimum Gasteiger partial charge on any atom is -0.486 e. The molecule has 1 heterocycles. The molecule has 0 amide bonds. The second-order valence-corrected chi connectivity index (χ2v) is 8.18. The van der Waals surface area contributed by atoms with Gasteiger partial charge < -0.3 is 14.2 Å². The molecule has 5 nitrogen and oxygen atoms in total. The van der Waals surface area contributed by atoms with Gasteiger partial charge in [-0.05, 0) is 61.8 Å². The Labute approximate surface area is 159 Å². The summed E-state index contributed by atoms with van der Waals surface area (Å²) in [5.41, 5.74) is 3.77. The lowest BCUT2D eigenvalue weighted by molar-refractivity contribution is -0.152. The van der Waals surface area contributed by atoms with Crippen molar-refractivity contribution in [2.24, 2.45) is 11.3 Å². The van der Waals surface area contributed by atoms with Crippen LogP contribution in [0.2, 0.25) is 0 Å². The first-order chi connectivity index (χ1) is 12.8. The topological polar surface area (TPSA) is 61.8 Å². The Morgan fingerprint density at radius 3 is 2.67 bits per heavy atom. The van der Waals surface area contributed by atoms with E-state index in [1.807, 2.05) is 12.1 Å². The fourth-order valence-electron chi connectivity index (χ4n) is 5.34. The van der Waals surface area contributed by atoms with Gasteiger partial charge in [0.05, 0.1) is 0 Å². The lowest BCUT2D eigenvalue weighted by Crippen LogP contribution is -2.42. The van der Waals surface area contributed by atoms with E-state index in [0.717, 1.165) is 37.0 Å².